The fourth-order valence-corrected chi connectivity index (χ4v) is 7.64. The Kier molecular flexibility index (Phi) is 10.5. The Morgan fingerprint density at radius 1 is 0.673 bits per heavy atom. The van der Waals surface area contributed by atoms with E-state index in [4.69, 9.17) is 9.72 Å². The summed E-state index contributed by atoms with van der Waals surface area (Å²) in [5.74, 6) is 2.67. The quantitative estimate of drug-likeness (QED) is 0.142. The molecule has 5 aromatic carbocycles. The molecule has 1 aliphatic heterocycles. The second-order valence-corrected chi connectivity index (χ2v) is 16.5. The monoisotopic (exact) mass is 904 g/mol. The van der Waals surface area contributed by atoms with E-state index in [9.17, 15) is 0 Å². The number of ether oxygens (including phenoxy) is 1. The Balaban J connectivity index is 0.00000465. The number of anilines is 4. The standard InChI is InChI=1S/C49H49N4O.Pt/c1-9-33(10-2)34-16-15-17-37(26-34)51-32-52(45-21-14-13-20-44(45)51)38-27-36(49(6,7)8)28-40(30-38)54-39-22-23-42-41-18-11-12-19-43(41)53(46(42)31-39)47-29-35(24-25-50-47)48(3,4)5;/h11-29,32-33H,9-10H2,1-8H3;/q-3;. The van der Waals surface area contributed by atoms with E-state index < -0.39 is 0 Å². The summed E-state index contributed by atoms with van der Waals surface area (Å²) < 4.78 is 8.96. The van der Waals surface area contributed by atoms with E-state index in [1.807, 2.05) is 12.3 Å². The predicted molar refractivity (Wildman–Crippen MR) is 225 cm³/mol. The second kappa shape index (κ2) is 15.0. The average Bonchev–Trinajstić information content (AvgIpc) is 3.71. The van der Waals surface area contributed by atoms with Gasteiger partial charge in [-0.1, -0.05) is 103 Å². The van der Waals surface area contributed by atoms with Gasteiger partial charge in [0.25, 0.3) is 0 Å². The van der Waals surface area contributed by atoms with E-state index in [0.717, 1.165) is 68.8 Å². The third-order valence-corrected chi connectivity index (χ3v) is 10.8. The van der Waals surface area contributed by atoms with Gasteiger partial charge in [-0.3, -0.25) is 0 Å². The zero-order chi connectivity index (χ0) is 37.8. The van der Waals surface area contributed by atoms with Gasteiger partial charge in [-0.05, 0) is 88.6 Å². The fourth-order valence-electron chi connectivity index (χ4n) is 7.64. The van der Waals surface area contributed by atoms with Crippen LogP contribution in [0, 0.1) is 18.8 Å². The normalized spacial score (nSPS) is 13.1. The smallest absolute Gasteiger partial charge is 0.135 e. The Labute approximate surface area is 341 Å². The molecule has 0 amide bonds. The molecule has 0 aliphatic carbocycles. The van der Waals surface area contributed by atoms with Crippen molar-refractivity contribution in [2.45, 2.75) is 85.0 Å². The number of nitrogens with zero attached hydrogens (tertiary/aromatic N) is 4. The number of para-hydroxylation sites is 3. The third kappa shape index (κ3) is 7.32. The summed E-state index contributed by atoms with van der Waals surface area (Å²) in [5, 5.41) is 2.26. The van der Waals surface area contributed by atoms with Crippen LogP contribution in [0.4, 0.5) is 22.7 Å². The fraction of sp³-hybridized carbons (Fsp3) is 0.265. The summed E-state index contributed by atoms with van der Waals surface area (Å²) >= 11 is 0. The molecule has 55 heavy (non-hydrogen) atoms. The molecular formula is C49H49N4OPt-3. The van der Waals surface area contributed by atoms with E-state index in [0.29, 0.717) is 17.4 Å². The van der Waals surface area contributed by atoms with E-state index in [1.54, 1.807) is 0 Å². The van der Waals surface area contributed by atoms with Crippen molar-refractivity contribution in [1.29, 1.82) is 0 Å². The molecule has 3 heterocycles. The van der Waals surface area contributed by atoms with Crippen LogP contribution >= 0.6 is 0 Å². The summed E-state index contributed by atoms with van der Waals surface area (Å²) in [5.41, 5.74) is 9.93. The first-order valence-electron chi connectivity index (χ1n) is 19.2. The summed E-state index contributed by atoms with van der Waals surface area (Å²) in [6.45, 7) is 20.1. The van der Waals surface area contributed by atoms with Gasteiger partial charge in [-0.25, -0.2) is 4.98 Å². The van der Waals surface area contributed by atoms with Crippen molar-refractivity contribution in [3.8, 4) is 17.3 Å². The molecule has 0 bridgehead atoms. The van der Waals surface area contributed by atoms with Crippen molar-refractivity contribution in [3.05, 3.63) is 151 Å². The van der Waals surface area contributed by atoms with Crippen LogP contribution in [0.5, 0.6) is 11.5 Å². The molecule has 0 saturated heterocycles. The molecule has 0 N–H and O–H groups in total. The summed E-state index contributed by atoms with van der Waals surface area (Å²) in [7, 11) is 0. The minimum Gasteiger partial charge on any atom is -0.509 e. The Hall–Kier alpha value is -4.86. The van der Waals surface area contributed by atoms with Gasteiger partial charge in [-0.2, -0.15) is 6.07 Å². The molecule has 0 radical (unpaired) electrons. The van der Waals surface area contributed by atoms with E-state index in [2.05, 4.69) is 192 Å². The molecule has 0 fully saturated rings. The second-order valence-electron chi connectivity index (χ2n) is 16.5. The summed E-state index contributed by atoms with van der Waals surface area (Å²) in [6.07, 6.45) is 4.15. The minimum atomic E-state index is -0.131. The van der Waals surface area contributed by atoms with Crippen molar-refractivity contribution in [3.63, 3.8) is 0 Å². The van der Waals surface area contributed by atoms with Crippen LogP contribution in [0.25, 0.3) is 27.6 Å². The maximum absolute atomic E-state index is 6.75. The number of benzene rings is 5. The number of hydrogen-bond donors (Lipinski definition) is 0. The van der Waals surface area contributed by atoms with Crippen molar-refractivity contribution in [1.82, 2.24) is 9.55 Å². The van der Waals surface area contributed by atoms with Gasteiger partial charge in [0.1, 0.15) is 5.82 Å². The minimum absolute atomic E-state index is 0. The molecule has 0 unspecified atom stereocenters. The molecule has 7 aromatic rings. The number of hydrogen-bond acceptors (Lipinski definition) is 4. The number of rotatable bonds is 8. The maximum atomic E-state index is 6.75. The van der Waals surface area contributed by atoms with E-state index in [1.165, 1.54) is 11.1 Å². The van der Waals surface area contributed by atoms with Crippen molar-refractivity contribution < 1.29 is 25.8 Å². The zero-order valence-electron chi connectivity index (χ0n) is 33.1. The van der Waals surface area contributed by atoms with Crippen LogP contribution < -0.4 is 14.5 Å². The van der Waals surface area contributed by atoms with Crippen LogP contribution in [0.15, 0.2) is 115 Å². The van der Waals surface area contributed by atoms with Gasteiger partial charge >= 0.3 is 0 Å². The van der Waals surface area contributed by atoms with Gasteiger partial charge in [0.2, 0.25) is 0 Å². The molecule has 5 nitrogen and oxygen atoms in total. The molecular weight excluding hydrogens is 856 g/mol. The summed E-state index contributed by atoms with van der Waals surface area (Å²) in [4.78, 5) is 9.39. The Morgan fingerprint density at radius 2 is 1.38 bits per heavy atom. The van der Waals surface area contributed by atoms with Gasteiger partial charge in [0, 0.05) is 61.3 Å². The first-order chi connectivity index (χ1) is 25.9. The van der Waals surface area contributed by atoms with Crippen molar-refractivity contribution >= 4 is 44.6 Å². The molecule has 0 saturated carbocycles. The van der Waals surface area contributed by atoms with Gasteiger partial charge < -0.3 is 19.1 Å². The van der Waals surface area contributed by atoms with Crippen molar-refractivity contribution in [2.24, 2.45) is 0 Å². The maximum Gasteiger partial charge on any atom is 0.135 e. The number of fused-ring (bicyclic) bond motifs is 4. The molecule has 2 aromatic heterocycles. The molecule has 1 aliphatic rings. The molecule has 6 heteroatoms. The number of pyridine rings is 1. The van der Waals surface area contributed by atoms with E-state index >= 15 is 0 Å². The van der Waals surface area contributed by atoms with Gasteiger partial charge in [0.15, 0.2) is 0 Å². The topological polar surface area (TPSA) is 33.5 Å². The van der Waals surface area contributed by atoms with Gasteiger partial charge in [0.05, 0.1) is 0 Å². The van der Waals surface area contributed by atoms with Gasteiger partial charge in [-0.15, -0.1) is 53.6 Å². The third-order valence-electron chi connectivity index (χ3n) is 10.8. The molecule has 0 spiro atoms. The van der Waals surface area contributed by atoms with Crippen LogP contribution in [0.3, 0.4) is 0 Å². The predicted octanol–water partition coefficient (Wildman–Crippen LogP) is 13.5. The van der Waals surface area contributed by atoms with Crippen LogP contribution in [0.1, 0.15) is 90.8 Å². The zero-order valence-corrected chi connectivity index (χ0v) is 35.3. The molecule has 0 atom stereocenters. The van der Waals surface area contributed by atoms with Crippen molar-refractivity contribution in [2.75, 3.05) is 9.80 Å². The largest absolute Gasteiger partial charge is 0.509 e. The Bertz CT molecular complexity index is 2480. The average molecular weight is 905 g/mol. The first-order valence-corrected chi connectivity index (χ1v) is 19.2. The van der Waals surface area contributed by atoms with Crippen LogP contribution in [0.2, 0.25) is 0 Å². The Morgan fingerprint density at radius 3 is 2.11 bits per heavy atom. The molecule has 8 rings (SSSR count). The SMILES string of the molecule is CCC(CC)c1cccc(N2[CH-]N(c3[c-]c(Oc4[c-]c5c(cc4)c4ccccc4n5-c4cc(C(C)(C)C)ccn4)cc(C(C)(C)C)c3)c3ccccc32)c1.[Pt]. The first kappa shape index (κ1) is 38.4. The van der Waals surface area contributed by atoms with Crippen LogP contribution in [-0.2, 0) is 31.9 Å². The van der Waals surface area contributed by atoms with E-state index in [-0.39, 0.29) is 31.9 Å². The number of aromatic nitrogens is 2. The molecule has 284 valence electrons. The van der Waals surface area contributed by atoms with Crippen LogP contribution in [-0.4, -0.2) is 9.55 Å². The summed E-state index contributed by atoms with van der Waals surface area (Å²) in [6, 6.07) is 46.2.